The fraction of sp³-hybridized carbons (Fsp3) is 0.308. The Kier molecular flexibility index (Phi) is 4.70. The van der Waals surface area contributed by atoms with Gasteiger partial charge in [0.05, 0.1) is 18.5 Å². The zero-order chi connectivity index (χ0) is 16.3. The molecule has 1 aromatic carbocycles. The lowest BCUT2D eigenvalue weighted by Crippen LogP contribution is -2.14. The molecule has 22 heavy (non-hydrogen) atoms. The lowest BCUT2D eigenvalue weighted by atomic mass is 10.2. The average Bonchev–Trinajstić information content (AvgIpc) is 2.78. The zero-order valence-corrected chi connectivity index (χ0v) is 12.0. The molecule has 0 bridgehead atoms. The number of rotatable bonds is 5. The summed E-state index contributed by atoms with van der Waals surface area (Å²) in [6, 6.07) is 6.37. The Bertz CT molecular complexity index is 667. The molecule has 0 fully saturated rings. The third kappa shape index (κ3) is 4.45. The summed E-state index contributed by atoms with van der Waals surface area (Å²) in [4.78, 5) is 14.9. The first-order valence-corrected chi connectivity index (χ1v) is 6.68. The molecule has 1 heterocycles. The van der Waals surface area contributed by atoms with Gasteiger partial charge in [-0.25, -0.2) is 9.67 Å². The number of alkyl halides is 3. The number of nitrogens with two attached hydrogens (primary N) is 1. The summed E-state index contributed by atoms with van der Waals surface area (Å²) >= 11 is 5.78. The Morgan fingerprint density at radius 3 is 2.45 bits per heavy atom. The second-order valence-electron chi connectivity index (χ2n) is 4.59. The maximum Gasteiger partial charge on any atom is 0.389 e. The minimum atomic E-state index is -4.30. The minimum Gasteiger partial charge on any atom is -0.369 e. The van der Waals surface area contributed by atoms with Crippen LogP contribution in [0.25, 0.3) is 5.69 Å². The summed E-state index contributed by atoms with van der Waals surface area (Å²) in [5, 5.41) is 4.53. The molecule has 2 aromatic rings. The van der Waals surface area contributed by atoms with Crippen molar-refractivity contribution < 1.29 is 18.0 Å². The van der Waals surface area contributed by atoms with E-state index in [9.17, 15) is 18.0 Å². The molecule has 0 unspecified atom stereocenters. The van der Waals surface area contributed by atoms with Crippen LogP contribution in [0.5, 0.6) is 0 Å². The molecular formula is C13H12ClF3N4O. The molecule has 5 nitrogen and oxygen atoms in total. The number of benzene rings is 1. The van der Waals surface area contributed by atoms with Gasteiger partial charge in [-0.15, -0.1) is 0 Å². The molecule has 0 spiro atoms. The van der Waals surface area contributed by atoms with E-state index in [1.54, 1.807) is 24.3 Å². The van der Waals surface area contributed by atoms with Crippen molar-refractivity contribution in [3.63, 3.8) is 0 Å². The third-order valence-corrected chi connectivity index (χ3v) is 3.01. The summed E-state index contributed by atoms with van der Waals surface area (Å²) < 4.78 is 38.5. The predicted octanol–water partition coefficient (Wildman–Crippen LogP) is 2.44. The van der Waals surface area contributed by atoms with Gasteiger partial charge in [0, 0.05) is 11.4 Å². The normalized spacial score (nSPS) is 11.6. The molecule has 9 heteroatoms. The highest BCUT2D eigenvalue weighted by molar-refractivity contribution is 6.30. The molecule has 0 aliphatic carbocycles. The van der Waals surface area contributed by atoms with Crippen LogP contribution < -0.4 is 5.73 Å². The van der Waals surface area contributed by atoms with Gasteiger partial charge in [0.25, 0.3) is 0 Å². The highest BCUT2D eigenvalue weighted by atomic mass is 35.5. The van der Waals surface area contributed by atoms with Crippen LogP contribution in [0.15, 0.2) is 24.3 Å². The van der Waals surface area contributed by atoms with Crippen LogP contribution in [0, 0.1) is 0 Å². The van der Waals surface area contributed by atoms with E-state index in [4.69, 9.17) is 17.3 Å². The molecule has 0 aliphatic rings. The number of aryl methyl sites for hydroxylation is 1. The number of carbonyl (C=O) groups is 1. The van der Waals surface area contributed by atoms with Gasteiger partial charge in [-0.3, -0.25) is 4.79 Å². The fourth-order valence-electron chi connectivity index (χ4n) is 1.83. The minimum absolute atomic E-state index is 0.0830. The highest BCUT2D eigenvalue weighted by Gasteiger charge is 2.28. The Labute approximate surface area is 128 Å². The summed E-state index contributed by atoms with van der Waals surface area (Å²) in [5.41, 5.74) is 5.56. The molecule has 2 rings (SSSR count). The number of primary amides is 1. The molecule has 0 saturated heterocycles. The van der Waals surface area contributed by atoms with E-state index >= 15 is 0 Å². The molecule has 1 amide bonds. The molecular weight excluding hydrogens is 321 g/mol. The number of hydrogen-bond donors (Lipinski definition) is 1. The number of nitrogens with zero attached hydrogens (tertiary/aromatic N) is 3. The average molecular weight is 333 g/mol. The highest BCUT2D eigenvalue weighted by Crippen LogP contribution is 2.23. The van der Waals surface area contributed by atoms with Crippen LogP contribution >= 0.6 is 11.6 Å². The Morgan fingerprint density at radius 1 is 1.27 bits per heavy atom. The summed E-state index contributed by atoms with van der Waals surface area (Å²) in [5.74, 6) is -0.467. The molecule has 2 N–H and O–H groups in total. The number of aromatic nitrogens is 3. The van der Waals surface area contributed by atoms with Crippen LogP contribution in [0.1, 0.15) is 18.1 Å². The van der Waals surface area contributed by atoms with E-state index in [1.165, 1.54) is 4.68 Å². The first-order chi connectivity index (χ1) is 10.2. The van der Waals surface area contributed by atoms with Crippen molar-refractivity contribution in [1.82, 2.24) is 14.8 Å². The van der Waals surface area contributed by atoms with Crippen molar-refractivity contribution in [2.24, 2.45) is 5.73 Å². The Morgan fingerprint density at radius 2 is 1.91 bits per heavy atom. The van der Waals surface area contributed by atoms with Crippen molar-refractivity contribution in [3.05, 3.63) is 40.9 Å². The van der Waals surface area contributed by atoms with Gasteiger partial charge >= 0.3 is 6.18 Å². The zero-order valence-electron chi connectivity index (χ0n) is 11.3. The number of hydrogen-bond acceptors (Lipinski definition) is 3. The molecule has 0 radical (unpaired) electrons. The summed E-state index contributed by atoms with van der Waals surface area (Å²) in [7, 11) is 0. The maximum atomic E-state index is 12.4. The van der Waals surface area contributed by atoms with Crippen molar-refractivity contribution >= 4 is 17.5 Å². The van der Waals surface area contributed by atoms with Crippen LogP contribution in [0.3, 0.4) is 0 Å². The van der Waals surface area contributed by atoms with Crippen LogP contribution in [0.2, 0.25) is 5.02 Å². The van der Waals surface area contributed by atoms with Crippen molar-refractivity contribution in [1.29, 1.82) is 0 Å². The first-order valence-electron chi connectivity index (χ1n) is 6.30. The summed E-state index contributed by atoms with van der Waals surface area (Å²) in [6.07, 6.45) is -5.92. The van der Waals surface area contributed by atoms with Gasteiger partial charge in [-0.05, 0) is 24.3 Å². The van der Waals surface area contributed by atoms with Gasteiger partial charge in [-0.1, -0.05) is 11.6 Å². The van der Waals surface area contributed by atoms with Crippen molar-refractivity contribution in [2.45, 2.75) is 25.4 Å². The lowest BCUT2D eigenvalue weighted by molar-refractivity contribution is -0.134. The van der Waals surface area contributed by atoms with Gasteiger partial charge in [0.15, 0.2) is 5.82 Å². The van der Waals surface area contributed by atoms with Crippen LogP contribution in [0.4, 0.5) is 13.2 Å². The monoisotopic (exact) mass is 332 g/mol. The molecule has 1 aromatic heterocycles. The maximum absolute atomic E-state index is 12.4. The third-order valence-electron chi connectivity index (χ3n) is 2.75. The quantitative estimate of drug-likeness (QED) is 0.914. The van der Waals surface area contributed by atoms with E-state index in [2.05, 4.69) is 10.1 Å². The van der Waals surface area contributed by atoms with E-state index in [0.29, 0.717) is 10.7 Å². The van der Waals surface area contributed by atoms with Crippen molar-refractivity contribution in [3.8, 4) is 5.69 Å². The fourth-order valence-corrected chi connectivity index (χ4v) is 1.95. The smallest absolute Gasteiger partial charge is 0.369 e. The molecule has 0 aliphatic heterocycles. The van der Waals surface area contributed by atoms with Crippen molar-refractivity contribution in [2.75, 3.05) is 0 Å². The van der Waals surface area contributed by atoms with Gasteiger partial charge < -0.3 is 5.73 Å². The standard InChI is InChI=1S/C13H12ClF3N4O/c14-8-1-3-9(4-2-8)21-12(5-6-13(15,16)17)19-11(20-21)7-10(18)22/h1-4H,5-7H2,(H2,18,22). The Balaban J connectivity index is 2.34. The van der Waals surface area contributed by atoms with Crippen LogP contribution in [-0.4, -0.2) is 26.8 Å². The number of amides is 1. The Hall–Kier alpha value is -2.09. The SMILES string of the molecule is NC(=O)Cc1nc(CCC(F)(F)F)n(-c2ccc(Cl)cc2)n1. The largest absolute Gasteiger partial charge is 0.389 e. The van der Waals surface area contributed by atoms with Gasteiger partial charge in [0.1, 0.15) is 5.82 Å². The topological polar surface area (TPSA) is 73.8 Å². The van der Waals surface area contributed by atoms with E-state index in [1.807, 2.05) is 0 Å². The van der Waals surface area contributed by atoms with Gasteiger partial charge in [0.2, 0.25) is 5.91 Å². The molecule has 0 atom stereocenters. The molecule has 0 saturated carbocycles. The second-order valence-corrected chi connectivity index (χ2v) is 5.03. The summed E-state index contributed by atoms with van der Waals surface area (Å²) in [6.45, 7) is 0. The van der Waals surface area contributed by atoms with E-state index in [0.717, 1.165) is 0 Å². The second kappa shape index (κ2) is 6.35. The first kappa shape index (κ1) is 16.3. The molecule has 118 valence electrons. The van der Waals surface area contributed by atoms with E-state index < -0.39 is 18.5 Å². The van der Waals surface area contributed by atoms with Crippen LogP contribution in [-0.2, 0) is 17.6 Å². The van der Waals surface area contributed by atoms with E-state index in [-0.39, 0.29) is 24.5 Å². The van der Waals surface area contributed by atoms with Gasteiger partial charge in [-0.2, -0.15) is 18.3 Å². The number of carbonyl (C=O) groups excluding carboxylic acids is 1. The lowest BCUT2D eigenvalue weighted by Gasteiger charge is -2.07. The number of halogens is 4. The predicted molar refractivity (Wildman–Crippen MR) is 73.6 cm³/mol.